The molecule has 1 aliphatic heterocycles. The number of fused-ring (bicyclic) bond motifs is 5. The molecule has 19 heteroatoms. The first-order valence-corrected chi connectivity index (χ1v) is 21.4. The van der Waals surface area contributed by atoms with E-state index in [4.69, 9.17) is 42.3 Å². The minimum atomic E-state index is -2.43. The lowest BCUT2D eigenvalue weighted by Gasteiger charge is -2.67. The van der Waals surface area contributed by atoms with Crippen LogP contribution in [0.15, 0.2) is 64.3 Å². The molecule has 0 radical (unpaired) electrons. The summed E-state index contributed by atoms with van der Waals surface area (Å²) in [5.74, 6) is -6.34. The Kier molecular flexibility index (Phi) is 14.1. The molecule has 19 nitrogen and oxygen atoms in total. The number of ketones is 1. The molecular formula is C46H59NO18. The first-order valence-electron chi connectivity index (χ1n) is 21.4. The fourth-order valence-corrected chi connectivity index (χ4v) is 10.0. The largest absolute Gasteiger partial charge is 0.467 e. The van der Waals surface area contributed by atoms with Crippen molar-refractivity contribution in [3.63, 3.8) is 0 Å². The Morgan fingerprint density at radius 3 is 2.23 bits per heavy atom. The van der Waals surface area contributed by atoms with Gasteiger partial charge in [-0.2, -0.15) is 0 Å². The number of ether oxygens (including phenoxy) is 8. The number of hydrogen-bond acceptors (Lipinski definition) is 18. The molecule has 2 bridgehead atoms. The zero-order valence-corrected chi connectivity index (χ0v) is 37.9. The van der Waals surface area contributed by atoms with Gasteiger partial charge in [0.05, 0.1) is 49.1 Å². The number of Topliss-reactive ketones (excluding diaryl/α,β-unsaturated/α-hetero) is 1. The summed E-state index contributed by atoms with van der Waals surface area (Å²) in [5.41, 5.74) is -8.67. The highest BCUT2D eigenvalue weighted by Crippen LogP contribution is 2.65. The van der Waals surface area contributed by atoms with Crippen molar-refractivity contribution in [2.45, 2.75) is 135 Å². The van der Waals surface area contributed by atoms with Crippen LogP contribution in [0.2, 0.25) is 0 Å². The van der Waals surface area contributed by atoms with E-state index in [1.54, 1.807) is 52.8 Å². The summed E-state index contributed by atoms with van der Waals surface area (Å²) in [6.45, 7) is 12.0. The summed E-state index contributed by atoms with van der Waals surface area (Å²) >= 11 is 0. The van der Waals surface area contributed by atoms with Crippen molar-refractivity contribution in [1.29, 1.82) is 0 Å². The topological polar surface area (TPSA) is 262 Å². The van der Waals surface area contributed by atoms with E-state index < -0.39 is 125 Å². The summed E-state index contributed by atoms with van der Waals surface area (Å²) in [7, 11) is 0. The van der Waals surface area contributed by atoms with Gasteiger partial charge >= 0.3 is 30.0 Å². The SMILES string of the molecule is CC(=O)O[C@H]1C(=O)[C@@]2(C)C([C@H](OC(=O)c3ccccc3)[C@]3(O)C[C@H](OC(=O)[C@H](O)[C@@H](NC(=O)OC(C)(C)C)c4ccco4)C(C)=C1C3(C)C)[C@]1(OC(C)=O)CO[C@@H]1C[C@@H]2OCOCCO. The van der Waals surface area contributed by atoms with Crippen LogP contribution in [0.4, 0.5) is 4.79 Å². The third-order valence-electron chi connectivity index (χ3n) is 13.1. The fourth-order valence-electron chi connectivity index (χ4n) is 10.0. The molecule has 3 aliphatic carbocycles. The molecule has 1 unspecified atom stereocenters. The van der Waals surface area contributed by atoms with Crippen molar-refractivity contribution in [2.75, 3.05) is 26.6 Å². The number of furan rings is 1. The smallest absolute Gasteiger partial charge is 0.408 e. The van der Waals surface area contributed by atoms with Gasteiger partial charge in [0.1, 0.15) is 48.1 Å². The molecule has 1 amide bonds. The summed E-state index contributed by atoms with van der Waals surface area (Å²) in [4.78, 5) is 83.9. The third-order valence-corrected chi connectivity index (χ3v) is 13.1. The van der Waals surface area contributed by atoms with Crippen LogP contribution in [0.1, 0.15) is 97.3 Å². The van der Waals surface area contributed by atoms with E-state index in [2.05, 4.69) is 5.32 Å². The molecule has 2 aromatic rings. The average molecular weight is 914 g/mol. The number of nitrogens with one attached hydrogen (secondary N) is 1. The van der Waals surface area contributed by atoms with Crippen molar-refractivity contribution in [3.8, 4) is 0 Å². The Labute approximate surface area is 376 Å². The van der Waals surface area contributed by atoms with Crippen LogP contribution in [0.3, 0.4) is 0 Å². The Bertz CT molecular complexity index is 2150. The predicted molar refractivity (Wildman–Crippen MR) is 222 cm³/mol. The fraction of sp³-hybridized carbons (Fsp3) is 0.609. The van der Waals surface area contributed by atoms with E-state index in [1.165, 1.54) is 44.4 Å². The van der Waals surface area contributed by atoms with Gasteiger partial charge in [-0.15, -0.1) is 0 Å². The van der Waals surface area contributed by atoms with Gasteiger partial charge in [-0.05, 0) is 70.0 Å². The Morgan fingerprint density at radius 1 is 0.969 bits per heavy atom. The van der Waals surface area contributed by atoms with Gasteiger partial charge in [0.25, 0.3) is 0 Å². The van der Waals surface area contributed by atoms with Crippen molar-refractivity contribution in [3.05, 3.63) is 71.2 Å². The number of carbonyl (C=O) groups is 6. The second-order valence-corrected chi connectivity index (χ2v) is 18.7. The van der Waals surface area contributed by atoms with E-state index in [0.717, 1.165) is 13.8 Å². The lowest BCUT2D eigenvalue weighted by Crippen LogP contribution is -2.82. The maximum Gasteiger partial charge on any atom is 0.408 e. The maximum absolute atomic E-state index is 15.9. The normalized spacial score (nSPS) is 31.3. The molecule has 1 saturated heterocycles. The van der Waals surface area contributed by atoms with Crippen LogP contribution < -0.4 is 5.32 Å². The van der Waals surface area contributed by atoms with Crippen molar-refractivity contribution < 1.29 is 86.4 Å². The molecule has 2 heterocycles. The minimum Gasteiger partial charge on any atom is -0.467 e. The standard InChI is InChI=1S/C46H59NO18/c1-24-29(62-40(54)34(51)33(28-16-13-18-58-28)47-41(55)65-42(4,5)6)21-46(56)38(63-39(53)27-14-11-10-12-15-27)36-44(9,37(52)35(61-25(2)49)32(24)43(46,7)8)30(60-23-57-19-17-48)20-31-45(36,22-59-31)64-26(3)50/h10-16,18,29-31,33-36,38,48,51,56H,17,19-23H2,1-9H3,(H,47,55)/t29-,30-,31+,33-,34+,35+,36?,38-,44+,45-,46+/m0/s1. The molecule has 0 spiro atoms. The van der Waals surface area contributed by atoms with Crippen LogP contribution in [0.25, 0.3) is 0 Å². The van der Waals surface area contributed by atoms with Gasteiger partial charge in [-0.1, -0.05) is 32.0 Å². The number of esters is 4. The second-order valence-electron chi connectivity index (χ2n) is 18.7. The van der Waals surface area contributed by atoms with E-state index in [-0.39, 0.29) is 48.7 Å². The van der Waals surface area contributed by atoms with Gasteiger partial charge in [0, 0.05) is 32.1 Å². The maximum atomic E-state index is 15.9. The molecule has 3 fully saturated rings. The highest BCUT2D eigenvalue weighted by atomic mass is 16.7. The lowest BCUT2D eigenvalue weighted by atomic mass is 9.44. The van der Waals surface area contributed by atoms with Gasteiger partial charge in [-0.3, -0.25) is 14.4 Å². The van der Waals surface area contributed by atoms with Crippen LogP contribution in [-0.2, 0) is 57.1 Å². The molecule has 356 valence electrons. The second kappa shape index (κ2) is 18.6. The van der Waals surface area contributed by atoms with Crippen LogP contribution in [0.5, 0.6) is 0 Å². The highest BCUT2D eigenvalue weighted by molar-refractivity contribution is 5.95. The van der Waals surface area contributed by atoms with Gasteiger partial charge in [0.15, 0.2) is 23.6 Å². The molecule has 11 atom stereocenters. The lowest BCUT2D eigenvalue weighted by molar-refractivity contribution is -0.351. The van der Waals surface area contributed by atoms with Crippen LogP contribution >= 0.6 is 0 Å². The number of amides is 1. The highest BCUT2D eigenvalue weighted by Gasteiger charge is 2.78. The van der Waals surface area contributed by atoms with Crippen LogP contribution in [0, 0.1) is 16.7 Å². The van der Waals surface area contributed by atoms with Gasteiger partial charge in [0.2, 0.25) is 0 Å². The molecule has 4 N–H and O–H groups in total. The number of alkyl carbamates (subject to hydrolysis) is 1. The number of benzene rings is 1. The number of hydrogen-bond donors (Lipinski definition) is 4. The monoisotopic (exact) mass is 913 g/mol. The molecule has 1 aromatic heterocycles. The number of carbonyl (C=O) groups excluding carboxylic acids is 6. The van der Waals surface area contributed by atoms with Crippen molar-refractivity contribution >= 4 is 35.8 Å². The zero-order valence-electron chi connectivity index (χ0n) is 37.9. The number of aliphatic hydroxyl groups is 3. The molecular weight excluding hydrogens is 854 g/mol. The van der Waals surface area contributed by atoms with Crippen molar-refractivity contribution in [1.82, 2.24) is 5.32 Å². The van der Waals surface area contributed by atoms with Gasteiger partial charge in [-0.25, -0.2) is 14.4 Å². The Hall–Kier alpha value is -5.18. The van der Waals surface area contributed by atoms with E-state index in [1.807, 2.05) is 0 Å². The minimum absolute atomic E-state index is 0.0163. The van der Waals surface area contributed by atoms with E-state index in [9.17, 15) is 39.3 Å². The number of aliphatic hydroxyl groups excluding tert-OH is 2. The first-order chi connectivity index (χ1) is 30.4. The molecule has 1 aromatic carbocycles. The summed E-state index contributed by atoms with van der Waals surface area (Å²) in [6.07, 6.45) is -10.00. The summed E-state index contributed by atoms with van der Waals surface area (Å²) < 4.78 is 53.3. The van der Waals surface area contributed by atoms with Crippen LogP contribution in [-0.4, -0.2) is 131 Å². The average Bonchev–Trinajstić information content (AvgIpc) is 3.76. The summed E-state index contributed by atoms with van der Waals surface area (Å²) in [6, 6.07) is 9.15. The first kappa shape index (κ1) is 49.3. The Balaban J connectivity index is 1.56. The van der Waals surface area contributed by atoms with Crippen molar-refractivity contribution in [2.24, 2.45) is 16.7 Å². The van der Waals surface area contributed by atoms with E-state index in [0.29, 0.717) is 0 Å². The Morgan fingerprint density at radius 2 is 1.66 bits per heavy atom. The molecule has 2 saturated carbocycles. The van der Waals surface area contributed by atoms with Gasteiger partial charge < -0.3 is 62.9 Å². The molecule has 65 heavy (non-hydrogen) atoms. The zero-order chi connectivity index (χ0) is 47.9. The third kappa shape index (κ3) is 9.18. The molecule has 6 rings (SSSR count). The molecule has 4 aliphatic rings. The van der Waals surface area contributed by atoms with E-state index >= 15 is 4.79 Å². The quantitative estimate of drug-likeness (QED) is 0.0696. The predicted octanol–water partition coefficient (Wildman–Crippen LogP) is 3.41. The number of rotatable bonds is 14. The summed E-state index contributed by atoms with van der Waals surface area (Å²) in [5, 5.41) is 37.3.